The van der Waals surface area contributed by atoms with Crippen LogP contribution in [0.15, 0.2) is 36.5 Å². The van der Waals surface area contributed by atoms with E-state index < -0.39 is 36.9 Å². The number of carbonyl (C=O) groups excluding carboxylic acids is 1. The van der Waals surface area contributed by atoms with E-state index in [1.807, 2.05) is 0 Å². The van der Waals surface area contributed by atoms with Crippen molar-refractivity contribution in [2.45, 2.75) is 308 Å². The van der Waals surface area contributed by atoms with Gasteiger partial charge in [-0.2, -0.15) is 0 Å². The first-order valence-corrected chi connectivity index (χ1v) is 27.4. The molecule has 62 heavy (non-hydrogen) atoms. The Morgan fingerprint density at radius 1 is 0.403 bits per heavy atom. The summed E-state index contributed by atoms with van der Waals surface area (Å²) in [7, 11) is 0. The average Bonchev–Trinajstić information content (AvgIpc) is 3.28. The zero-order valence-electron chi connectivity index (χ0n) is 41.4. The van der Waals surface area contributed by atoms with E-state index in [2.05, 4.69) is 55.6 Å². The van der Waals surface area contributed by atoms with Gasteiger partial charge in [0.15, 0.2) is 0 Å². The van der Waals surface area contributed by atoms with Gasteiger partial charge >= 0.3 is 0 Å². The largest absolute Gasteiger partial charge is 0.394 e. The molecule has 0 aromatic rings. The number of hydrogen-bond donors (Lipinski definition) is 5. The second-order valence-electron chi connectivity index (χ2n) is 18.9. The lowest BCUT2D eigenvalue weighted by atomic mass is 10.00. The van der Waals surface area contributed by atoms with E-state index in [1.165, 1.54) is 212 Å². The summed E-state index contributed by atoms with van der Waals surface area (Å²) in [6, 6.07) is -0.999. The van der Waals surface area contributed by atoms with Crippen LogP contribution in [0.2, 0.25) is 0 Å². The van der Waals surface area contributed by atoms with Crippen LogP contribution in [0.5, 0.6) is 0 Å². The highest BCUT2D eigenvalue weighted by atomic mass is 16.3. The van der Waals surface area contributed by atoms with E-state index in [0.717, 1.165) is 38.5 Å². The minimum Gasteiger partial charge on any atom is -0.394 e. The van der Waals surface area contributed by atoms with Gasteiger partial charge in [0, 0.05) is 0 Å². The molecule has 6 heteroatoms. The van der Waals surface area contributed by atoms with Gasteiger partial charge in [0.05, 0.1) is 18.8 Å². The molecule has 0 saturated carbocycles. The Labute approximate surface area is 386 Å². The first-order valence-electron chi connectivity index (χ1n) is 27.4. The summed E-state index contributed by atoms with van der Waals surface area (Å²) >= 11 is 0. The number of nitrogens with one attached hydrogen (secondary N) is 1. The van der Waals surface area contributed by atoms with Gasteiger partial charge in [-0.05, 0) is 70.6 Å². The maximum atomic E-state index is 12.5. The summed E-state index contributed by atoms with van der Waals surface area (Å²) in [6.07, 6.45) is 62.6. The molecule has 366 valence electrons. The summed E-state index contributed by atoms with van der Waals surface area (Å²) in [4.78, 5) is 12.5. The summed E-state index contributed by atoms with van der Waals surface area (Å²) in [6.45, 7) is 3.99. The number of allylic oxidation sites excluding steroid dienone is 6. The van der Waals surface area contributed by atoms with Crippen LogP contribution >= 0.6 is 0 Å². The predicted octanol–water partition coefficient (Wildman–Crippen LogP) is 15.6. The van der Waals surface area contributed by atoms with E-state index in [4.69, 9.17) is 0 Å². The molecular weight excluding hydrogens is 767 g/mol. The smallest absolute Gasteiger partial charge is 0.249 e. The fraction of sp³-hybridized carbons (Fsp3) is 0.875. The molecule has 0 aromatic carbocycles. The van der Waals surface area contributed by atoms with Gasteiger partial charge in [-0.25, -0.2) is 0 Å². The molecular formula is C56H107NO5. The van der Waals surface area contributed by atoms with Gasteiger partial charge in [-0.1, -0.05) is 249 Å². The van der Waals surface area contributed by atoms with Gasteiger partial charge in [-0.3, -0.25) is 4.79 Å². The maximum absolute atomic E-state index is 12.5. The van der Waals surface area contributed by atoms with Crippen molar-refractivity contribution in [3.05, 3.63) is 36.5 Å². The predicted molar refractivity (Wildman–Crippen MR) is 270 cm³/mol. The van der Waals surface area contributed by atoms with Gasteiger partial charge in [0.1, 0.15) is 12.2 Å². The third-order valence-corrected chi connectivity index (χ3v) is 12.8. The summed E-state index contributed by atoms with van der Waals surface area (Å²) in [5.74, 6) is -0.595. The van der Waals surface area contributed by atoms with Gasteiger partial charge in [0.2, 0.25) is 5.91 Å². The average molecular weight is 874 g/mol. The fourth-order valence-corrected chi connectivity index (χ4v) is 8.50. The molecule has 0 fully saturated rings. The van der Waals surface area contributed by atoms with Crippen molar-refractivity contribution in [3.63, 3.8) is 0 Å². The molecule has 6 nitrogen and oxygen atoms in total. The van der Waals surface area contributed by atoms with Crippen LogP contribution in [0.3, 0.4) is 0 Å². The van der Waals surface area contributed by atoms with E-state index in [-0.39, 0.29) is 0 Å². The number of aliphatic hydroxyl groups excluding tert-OH is 4. The molecule has 0 heterocycles. The lowest BCUT2D eigenvalue weighted by molar-refractivity contribution is -0.132. The minimum absolute atomic E-state index is 0.363. The number of hydrogen-bond acceptors (Lipinski definition) is 5. The topological polar surface area (TPSA) is 110 Å². The zero-order chi connectivity index (χ0) is 45.2. The van der Waals surface area contributed by atoms with E-state index in [0.29, 0.717) is 19.3 Å². The summed E-state index contributed by atoms with van der Waals surface area (Å²) in [5.41, 5.74) is 0. The zero-order valence-corrected chi connectivity index (χ0v) is 41.4. The SMILES string of the molecule is CCCCC/C=C/CCCC(O)C(O)C(CO)NC(=O)C(O)CCCCCCCCCCCCCCCCCC/C=C\C/C=C\CCCCCCCCCCCCCCCCC. The van der Waals surface area contributed by atoms with E-state index >= 15 is 0 Å². The number of carbonyl (C=O) groups is 1. The van der Waals surface area contributed by atoms with Crippen LogP contribution in [0.1, 0.15) is 284 Å². The first kappa shape index (κ1) is 60.5. The highest BCUT2D eigenvalue weighted by Gasteiger charge is 2.28. The number of unbranched alkanes of at least 4 members (excludes halogenated alkanes) is 35. The van der Waals surface area contributed by atoms with Crippen molar-refractivity contribution in [3.8, 4) is 0 Å². The number of rotatable bonds is 50. The van der Waals surface area contributed by atoms with Crippen LogP contribution in [0, 0.1) is 0 Å². The Kier molecular flexibility index (Phi) is 49.3. The molecule has 0 rings (SSSR count). The van der Waals surface area contributed by atoms with Crippen molar-refractivity contribution in [2.75, 3.05) is 6.61 Å². The van der Waals surface area contributed by atoms with Crippen LogP contribution in [0.4, 0.5) is 0 Å². The monoisotopic (exact) mass is 874 g/mol. The van der Waals surface area contributed by atoms with Crippen molar-refractivity contribution in [1.29, 1.82) is 0 Å². The van der Waals surface area contributed by atoms with Crippen LogP contribution in [-0.2, 0) is 4.79 Å². The third kappa shape index (κ3) is 43.8. The van der Waals surface area contributed by atoms with Crippen LogP contribution in [-0.4, -0.2) is 57.3 Å². The van der Waals surface area contributed by atoms with Crippen LogP contribution in [0.25, 0.3) is 0 Å². The molecule has 4 unspecified atom stereocenters. The highest BCUT2D eigenvalue weighted by Crippen LogP contribution is 2.17. The molecule has 0 aliphatic rings. The van der Waals surface area contributed by atoms with Gasteiger partial charge < -0.3 is 25.7 Å². The molecule has 4 atom stereocenters. The van der Waals surface area contributed by atoms with Gasteiger partial charge in [-0.15, -0.1) is 0 Å². The Morgan fingerprint density at radius 3 is 1.10 bits per heavy atom. The Hall–Kier alpha value is -1.47. The normalized spacial score (nSPS) is 14.1. The summed E-state index contributed by atoms with van der Waals surface area (Å²) < 4.78 is 0. The van der Waals surface area contributed by atoms with Crippen molar-refractivity contribution in [1.82, 2.24) is 5.32 Å². The summed E-state index contributed by atoms with van der Waals surface area (Å²) in [5, 5.41) is 43.5. The quantitative estimate of drug-likeness (QED) is 0.0309. The molecule has 5 N–H and O–H groups in total. The standard InChI is InChI=1S/C56H107NO5/c1-3-5-7-9-11-13-14-15-16-17-18-19-20-21-22-23-24-25-26-27-28-29-30-31-32-33-34-35-36-37-38-39-40-41-42-44-46-48-50-54(60)56(62)57-52(51-58)55(61)53(59)49-47-45-43-12-10-8-6-4-2/h12,24-25,27-28,43,52-55,58-61H,3-11,13-23,26,29-42,44-51H2,1-2H3,(H,57,62)/b25-24-,28-27-,43-12+. The van der Waals surface area contributed by atoms with Crippen molar-refractivity contribution < 1.29 is 25.2 Å². The first-order chi connectivity index (χ1) is 30.5. The Morgan fingerprint density at radius 2 is 0.710 bits per heavy atom. The Bertz CT molecular complexity index is 981. The second kappa shape index (κ2) is 50.5. The lowest BCUT2D eigenvalue weighted by Gasteiger charge is -2.27. The molecule has 0 radical (unpaired) electrons. The Balaban J connectivity index is 3.49. The molecule has 1 amide bonds. The molecule has 0 spiro atoms. The van der Waals surface area contributed by atoms with E-state index in [1.54, 1.807) is 0 Å². The molecule has 0 bridgehead atoms. The number of aliphatic hydroxyl groups is 4. The molecule has 0 aliphatic carbocycles. The van der Waals surface area contributed by atoms with Crippen molar-refractivity contribution in [2.24, 2.45) is 0 Å². The van der Waals surface area contributed by atoms with Crippen molar-refractivity contribution >= 4 is 5.91 Å². The lowest BCUT2D eigenvalue weighted by Crippen LogP contribution is -2.53. The molecule has 0 aliphatic heterocycles. The van der Waals surface area contributed by atoms with E-state index in [9.17, 15) is 25.2 Å². The second-order valence-corrected chi connectivity index (χ2v) is 18.9. The maximum Gasteiger partial charge on any atom is 0.249 e. The third-order valence-electron chi connectivity index (χ3n) is 12.8. The fourth-order valence-electron chi connectivity index (χ4n) is 8.50. The number of amides is 1. The molecule has 0 saturated heterocycles. The minimum atomic E-state index is -1.28. The molecule has 0 aromatic heterocycles. The highest BCUT2D eigenvalue weighted by molar-refractivity contribution is 5.80. The van der Waals surface area contributed by atoms with Crippen LogP contribution < -0.4 is 5.32 Å². The van der Waals surface area contributed by atoms with Gasteiger partial charge in [0.25, 0.3) is 0 Å².